The maximum Gasteiger partial charge on any atom is 0.336 e. The second-order valence-corrected chi connectivity index (χ2v) is 8.19. The first-order chi connectivity index (χ1) is 13.3. The molecule has 1 aromatic heterocycles. The first-order valence-corrected chi connectivity index (χ1v) is 9.69. The Balaban J connectivity index is 1.73. The number of benzene rings is 2. The molecule has 0 unspecified atom stereocenters. The zero-order valence-corrected chi connectivity index (χ0v) is 16.0. The lowest BCUT2D eigenvalue weighted by atomic mass is 10.2. The van der Waals surface area contributed by atoms with Crippen molar-refractivity contribution in [1.82, 2.24) is 4.31 Å². The summed E-state index contributed by atoms with van der Waals surface area (Å²) in [5, 5.41) is 3.27. The van der Waals surface area contributed by atoms with Gasteiger partial charge in [-0.2, -0.15) is 0 Å². The van der Waals surface area contributed by atoms with Crippen LogP contribution in [0.15, 0.2) is 68.7 Å². The van der Waals surface area contributed by atoms with Crippen LogP contribution in [0.4, 0.5) is 5.69 Å². The molecule has 2 aromatic carbocycles. The molecule has 0 spiro atoms. The summed E-state index contributed by atoms with van der Waals surface area (Å²) in [5.74, 6) is -0.192. The Labute approximate surface area is 161 Å². The number of sulfonamides is 1. The third-order valence-corrected chi connectivity index (χ3v) is 5.76. The van der Waals surface area contributed by atoms with Crippen LogP contribution in [-0.4, -0.2) is 39.3 Å². The largest absolute Gasteiger partial charge is 0.484 e. The van der Waals surface area contributed by atoms with Crippen molar-refractivity contribution in [2.75, 3.05) is 26.0 Å². The van der Waals surface area contributed by atoms with E-state index in [1.165, 1.54) is 38.4 Å². The monoisotopic (exact) mass is 402 g/mol. The highest BCUT2D eigenvalue weighted by Gasteiger charge is 2.21. The molecule has 0 atom stereocenters. The van der Waals surface area contributed by atoms with Crippen LogP contribution in [0, 0.1) is 0 Å². The number of anilines is 1. The molecule has 0 saturated heterocycles. The predicted molar refractivity (Wildman–Crippen MR) is 104 cm³/mol. The van der Waals surface area contributed by atoms with E-state index in [1.54, 1.807) is 30.3 Å². The highest BCUT2D eigenvalue weighted by Crippen LogP contribution is 2.23. The van der Waals surface area contributed by atoms with E-state index in [1.807, 2.05) is 0 Å². The van der Waals surface area contributed by atoms with Gasteiger partial charge in [0.25, 0.3) is 5.91 Å². The number of ether oxygens (including phenoxy) is 1. The summed E-state index contributed by atoms with van der Waals surface area (Å²) < 4.78 is 36.3. The molecule has 28 heavy (non-hydrogen) atoms. The van der Waals surface area contributed by atoms with Gasteiger partial charge in [-0.05, 0) is 30.3 Å². The first-order valence-electron chi connectivity index (χ1n) is 8.25. The summed E-state index contributed by atoms with van der Waals surface area (Å²) in [6.07, 6.45) is 0. The minimum Gasteiger partial charge on any atom is -0.484 e. The Bertz CT molecular complexity index is 1180. The van der Waals surface area contributed by atoms with Gasteiger partial charge >= 0.3 is 5.63 Å². The van der Waals surface area contributed by atoms with E-state index in [2.05, 4.69) is 5.32 Å². The number of carbonyl (C=O) groups excluding carboxylic acids is 1. The predicted octanol–water partition coefficient (Wildman–Crippen LogP) is 2.06. The van der Waals surface area contributed by atoms with Crippen LogP contribution in [0.1, 0.15) is 0 Å². The van der Waals surface area contributed by atoms with Gasteiger partial charge in [0.05, 0.1) is 5.69 Å². The van der Waals surface area contributed by atoms with E-state index in [9.17, 15) is 18.0 Å². The van der Waals surface area contributed by atoms with E-state index < -0.39 is 21.6 Å². The number of fused-ring (bicyclic) bond motifs is 1. The van der Waals surface area contributed by atoms with E-state index in [0.29, 0.717) is 11.3 Å². The Kier molecular flexibility index (Phi) is 5.48. The van der Waals surface area contributed by atoms with Crippen molar-refractivity contribution in [1.29, 1.82) is 0 Å². The average Bonchev–Trinajstić information content (AvgIpc) is 2.66. The van der Waals surface area contributed by atoms with Crippen molar-refractivity contribution in [3.63, 3.8) is 0 Å². The molecule has 0 aliphatic carbocycles. The van der Waals surface area contributed by atoms with Crippen LogP contribution in [0.5, 0.6) is 5.75 Å². The average molecular weight is 402 g/mol. The molecule has 1 amide bonds. The van der Waals surface area contributed by atoms with Crippen molar-refractivity contribution in [3.8, 4) is 5.75 Å². The maximum atomic E-state index is 12.4. The second-order valence-electron chi connectivity index (χ2n) is 6.07. The SMILES string of the molecule is CN(C)S(=O)(=O)c1ccccc1NC(=O)COc1ccc2ccc(=O)oc2c1. The summed E-state index contributed by atoms with van der Waals surface area (Å²) in [7, 11) is -0.889. The van der Waals surface area contributed by atoms with E-state index >= 15 is 0 Å². The van der Waals surface area contributed by atoms with E-state index in [0.717, 1.165) is 9.69 Å². The molecule has 0 saturated carbocycles. The number of nitrogens with zero attached hydrogens (tertiary/aromatic N) is 1. The molecule has 3 rings (SSSR count). The van der Waals surface area contributed by atoms with Gasteiger partial charge < -0.3 is 14.5 Å². The Morgan fingerprint density at radius 3 is 2.57 bits per heavy atom. The van der Waals surface area contributed by atoms with Gasteiger partial charge in [0.15, 0.2) is 6.61 Å². The number of nitrogens with one attached hydrogen (secondary N) is 1. The normalized spacial score (nSPS) is 11.5. The molecule has 0 fully saturated rings. The Morgan fingerprint density at radius 2 is 1.82 bits per heavy atom. The number of para-hydroxylation sites is 1. The number of hydrogen-bond donors (Lipinski definition) is 1. The van der Waals surface area contributed by atoms with Crippen LogP contribution < -0.4 is 15.7 Å². The molecule has 146 valence electrons. The van der Waals surface area contributed by atoms with Crippen LogP contribution in [0.25, 0.3) is 11.0 Å². The van der Waals surface area contributed by atoms with Crippen LogP contribution >= 0.6 is 0 Å². The van der Waals surface area contributed by atoms with Gasteiger partial charge in [-0.15, -0.1) is 0 Å². The fraction of sp³-hybridized carbons (Fsp3) is 0.158. The maximum absolute atomic E-state index is 12.4. The van der Waals surface area contributed by atoms with Gasteiger partial charge in [0.2, 0.25) is 10.0 Å². The van der Waals surface area contributed by atoms with Gasteiger partial charge in [-0.3, -0.25) is 4.79 Å². The topological polar surface area (TPSA) is 106 Å². The number of rotatable bonds is 6. The highest BCUT2D eigenvalue weighted by molar-refractivity contribution is 7.89. The minimum atomic E-state index is -3.71. The lowest BCUT2D eigenvalue weighted by Gasteiger charge is -2.15. The number of hydrogen-bond acceptors (Lipinski definition) is 6. The second kappa shape index (κ2) is 7.83. The molecular weight excluding hydrogens is 384 g/mol. The summed E-state index contributed by atoms with van der Waals surface area (Å²) in [6.45, 7) is -0.348. The van der Waals surface area contributed by atoms with Crippen LogP contribution in [-0.2, 0) is 14.8 Å². The quantitative estimate of drug-likeness (QED) is 0.633. The van der Waals surface area contributed by atoms with Gasteiger partial charge in [-0.25, -0.2) is 17.5 Å². The van der Waals surface area contributed by atoms with E-state index in [-0.39, 0.29) is 17.2 Å². The summed E-state index contributed by atoms with van der Waals surface area (Å²) in [5.41, 5.74) is 0.0169. The molecule has 1 heterocycles. The molecule has 0 radical (unpaired) electrons. The van der Waals surface area contributed by atoms with Crippen molar-refractivity contribution in [3.05, 3.63) is 65.0 Å². The summed E-state index contributed by atoms with van der Waals surface area (Å²) in [4.78, 5) is 23.5. The molecular formula is C19H18N2O6S. The van der Waals surface area contributed by atoms with Crippen molar-refractivity contribution >= 4 is 32.6 Å². The lowest BCUT2D eigenvalue weighted by molar-refractivity contribution is -0.118. The highest BCUT2D eigenvalue weighted by atomic mass is 32.2. The number of carbonyl (C=O) groups is 1. The third-order valence-electron chi connectivity index (χ3n) is 3.88. The summed E-state index contributed by atoms with van der Waals surface area (Å²) in [6, 6.07) is 13.9. The number of amides is 1. The Morgan fingerprint density at radius 1 is 1.11 bits per heavy atom. The molecule has 0 aliphatic heterocycles. The fourth-order valence-electron chi connectivity index (χ4n) is 2.46. The van der Waals surface area contributed by atoms with Gasteiger partial charge in [-0.1, -0.05) is 12.1 Å². The van der Waals surface area contributed by atoms with Crippen LogP contribution in [0.3, 0.4) is 0 Å². The molecule has 8 nitrogen and oxygen atoms in total. The van der Waals surface area contributed by atoms with Crippen molar-refractivity contribution in [2.24, 2.45) is 0 Å². The zero-order valence-electron chi connectivity index (χ0n) is 15.2. The molecule has 9 heteroatoms. The van der Waals surface area contributed by atoms with Crippen LogP contribution in [0.2, 0.25) is 0 Å². The molecule has 0 bridgehead atoms. The van der Waals surface area contributed by atoms with Gasteiger partial charge in [0, 0.05) is 31.6 Å². The lowest BCUT2D eigenvalue weighted by Crippen LogP contribution is -2.25. The first kappa shape index (κ1) is 19.6. The summed E-state index contributed by atoms with van der Waals surface area (Å²) >= 11 is 0. The fourth-order valence-corrected chi connectivity index (χ4v) is 3.50. The molecule has 0 aliphatic rings. The minimum absolute atomic E-state index is 0.0131. The van der Waals surface area contributed by atoms with E-state index in [4.69, 9.17) is 9.15 Å². The van der Waals surface area contributed by atoms with Crippen molar-refractivity contribution < 1.29 is 22.4 Å². The molecule has 3 aromatic rings. The van der Waals surface area contributed by atoms with Crippen molar-refractivity contribution in [2.45, 2.75) is 4.90 Å². The van der Waals surface area contributed by atoms with Gasteiger partial charge in [0.1, 0.15) is 16.2 Å². The smallest absolute Gasteiger partial charge is 0.336 e. The Hall–Kier alpha value is -3.17. The third kappa shape index (κ3) is 4.21. The molecule has 1 N–H and O–H groups in total. The zero-order chi connectivity index (χ0) is 20.3. The standard InChI is InChI=1S/C19H18N2O6S/c1-21(2)28(24,25)17-6-4-3-5-15(17)20-18(22)12-26-14-9-7-13-8-10-19(23)27-16(13)11-14/h3-11H,12H2,1-2H3,(H,20,22).